The van der Waals surface area contributed by atoms with E-state index in [0.717, 1.165) is 21.3 Å². The Hall–Kier alpha value is -1.43. The highest BCUT2D eigenvalue weighted by Crippen LogP contribution is 2.16. The third-order valence-corrected chi connectivity index (χ3v) is 3.86. The summed E-state index contributed by atoms with van der Waals surface area (Å²) in [5.74, 6) is 0.777. The first-order chi connectivity index (χ1) is 10.2. The monoisotopic (exact) mass is 365 g/mol. The highest BCUT2D eigenvalue weighted by atomic mass is 79.9. The number of halogens is 1. The van der Waals surface area contributed by atoms with Gasteiger partial charge < -0.3 is 15.2 Å². The van der Waals surface area contributed by atoms with E-state index >= 15 is 0 Å². The van der Waals surface area contributed by atoms with Gasteiger partial charge in [-0.25, -0.2) is 0 Å². The lowest BCUT2D eigenvalue weighted by Crippen LogP contribution is -2.09. The van der Waals surface area contributed by atoms with Crippen LogP contribution in [0.15, 0.2) is 53.0 Å². The van der Waals surface area contributed by atoms with Gasteiger partial charge in [-0.05, 0) is 35.9 Å². The molecule has 2 aromatic carbocycles. The molecule has 0 aliphatic carbocycles. The van der Waals surface area contributed by atoms with Gasteiger partial charge in [0.2, 0.25) is 0 Å². The molecule has 0 bridgehead atoms. The quantitative estimate of drug-likeness (QED) is 0.600. The van der Waals surface area contributed by atoms with E-state index in [-0.39, 0.29) is 0 Å². The third kappa shape index (κ3) is 5.12. The number of hydrogen-bond donors (Lipinski definition) is 1. The van der Waals surface area contributed by atoms with Crippen LogP contribution in [-0.2, 0) is 11.3 Å². The lowest BCUT2D eigenvalue weighted by Gasteiger charge is -2.08. The SMILES string of the molecule is NC(=S)c1ccc(OCCOCc2ccccc2Br)cc1. The Bertz CT molecular complexity index is 601. The van der Waals surface area contributed by atoms with Crippen LogP contribution in [0.2, 0.25) is 0 Å². The number of nitrogens with two attached hydrogens (primary N) is 1. The van der Waals surface area contributed by atoms with Crippen LogP contribution in [0.1, 0.15) is 11.1 Å². The van der Waals surface area contributed by atoms with Crippen molar-refractivity contribution in [1.29, 1.82) is 0 Å². The van der Waals surface area contributed by atoms with Crippen molar-refractivity contribution in [2.24, 2.45) is 5.73 Å². The second-order valence-electron chi connectivity index (χ2n) is 4.38. The highest BCUT2D eigenvalue weighted by molar-refractivity contribution is 9.10. The van der Waals surface area contributed by atoms with Crippen molar-refractivity contribution >= 4 is 33.1 Å². The van der Waals surface area contributed by atoms with Crippen LogP contribution in [-0.4, -0.2) is 18.2 Å². The van der Waals surface area contributed by atoms with Gasteiger partial charge in [0.1, 0.15) is 17.3 Å². The fourth-order valence-corrected chi connectivity index (χ4v) is 2.27. The van der Waals surface area contributed by atoms with Crippen molar-refractivity contribution in [3.63, 3.8) is 0 Å². The molecule has 5 heteroatoms. The number of hydrogen-bond acceptors (Lipinski definition) is 3. The Morgan fingerprint density at radius 1 is 1.05 bits per heavy atom. The molecule has 21 heavy (non-hydrogen) atoms. The first-order valence-corrected chi connectivity index (χ1v) is 7.71. The summed E-state index contributed by atoms with van der Waals surface area (Å²) >= 11 is 8.39. The first kappa shape index (κ1) is 15.9. The van der Waals surface area contributed by atoms with E-state index < -0.39 is 0 Å². The van der Waals surface area contributed by atoms with Crippen molar-refractivity contribution in [1.82, 2.24) is 0 Å². The molecule has 2 N–H and O–H groups in total. The van der Waals surface area contributed by atoms with Crippen molar-refractivity contribution in [2.45, 2.75) is 6.61 Å². The molecule has 0 aliphatic heterocycles. The van der Waals surface area contributed by atoms with E-state index in [1.807, 2.05) is 48.5 Å². The minimum absolute atomic E-state index is 0.387. The van der Waals surface area contributed by atoms with Crippen molar-refractivity contribution in [2.75, 3.05) is 13.2 Å². The molecule has 0 fully saturated rings. The molecule has 2 rings (SSSR count). The zero-order valence-corrected chi connectivity index (χ0v) is 13.8. The van der Waals surface area contributed by atoms with Gasteiger partial charge in [0.05, 0.1) is 13.2 Å². The first-order valence-electron chi connectivity index (χ1n) is 6.50. The standard InChI is InChI=1S/C16H16BrNO2S/c17-15-4-2-1-3-13(15)11-19-9-10-20-14-7-5-12(6-8-14)16(18)21/h1-8H,9-11H2,(H2,18,21). The van der Waals surface area contributed by atoms with Crippen molar-refractivity contribution in [3.05, 3.63) is 64.1 Å². The summed E-state index contributed by atoms with van der Waals surface area (Å²) in [6.07, 6.45) is 0. The number of ether oxygens (including phenoxy) is 2. The van der Waals surface area contributed by atoms with Gasteiger partial charge in [0.25, 0.3) is 0 Å². The van der Waals surface area contributed by atoms with Crippen LogP contribution in [0.5, 0.6) is 5.75 Å². The predicted octanol–water partition coefficient (Wildman–Crippen LogP) is 3.68. The number of rotatable bonds is 7. The van der Waals surface area contributed by atoms with Gasteiger partial charge in [0, 0.05) is 10.0 Å². The molecule has 3 nitrogen and oxygen atoms in total. The average molecular weight is 366 g/mol. The second kappa shape index (κ2) is 8.12. The molecule has 0 amide bonds. The summed E-state index contributed by atoms with van der Waals surface area (Å²) < 4.78 is 12.2. The maximum absolute atomic E-state index is 5.59. The molecular weight excluding hydrogens is 350 g/mol. The Morgan fingerprint density at radius 2 is 1.76 bits per heavy atom. The molecular formula is C16H16BrNO2S. The van der Waals surface area contributed by atoms with Crippen LogP contribution in [0.3, 0.4) is 0 Å². The summed E-state index contributed by atoms with van der Waals surface area (Å²) in [5.41, 5.74) is 7.50. The molecule has 0 unspecified atom stereocenters. The molecule has 0 saturated carbocycles. The van der Waals surface area contributed by atoms with Gasteiger partial charge >= 0.3 is 0 Å². The fraction of sp³-hybridized carbons (Fsp3) is 0.188. The normalized spacial score (nSPS) is 10.3. The molecule has 2 aromatic rings. The highest BCUT2D eigenvalue weighted by Gasteiger charge is 2.00. The van der Waals surface area contributed by atoms with Crippen LogP contribution in [0.25, 0.3) is 0 Å². The maximum atomic E-state index is 5.59. The van der Waals surface area contributed by atoms with Gasteiger partial charge in [-0.15, -0.1) is 0 Å². The second-order valence-corrected chi connectivity index (χ2v) is 5.68. The van der Waals surface area contributed by atoms with Crippen LogP contribution in [0.4, 0.5) is 0 Å². The minimum atomic E-state index is 0.387. The number of benzene rings is 2. The van der Waals surface area contributed by atoms with Crippen LogP contribution < -0.4 is 10.5 Å². The molecule has 0 heterocycles. The summed E-state index contributed by atoms with van der Waals surface area (Å²) in [6.45, 7) is 1.58. The van der Waals surface area contributed by atoms with Crippen molar-refractivity contribution in [3.8, 4) is 5.75 Å². The van der Waals surface area contributed by atoms with Gasteiger partial charge in [-0.1, -0.05) is 46.3 Å². The van der Waals surface area contributed by atoms with Crippen LogP contribution >= 0.6 is 28.1 Å². The topological polar surface area (TPSA) is 44.5 Å². The Balaban J connectivity index is 1.70. The van der Waals surface area contributed by atoms with E-state index in [0.29, 0.717) is 24.8 Å². The summed E-state index contributed by atoms with van der Waals surface area (Å²) in [4.78, 5) is 0.387. The molecule has 0 aromatic heterocycles. The zero-order valence-electron chi connectivity index (χ0n) is 11.4. The molecule has 0 spiro atoms. The van der Waals surface area contributed by atoms with E-state index in [1.165, 1.54) is 0 Å². The molecule has 0 atom stereocenters. The fourth-order valence-electron chi connectivity index (χ4n) is 1.73. The lowest BCUT2D eigenvalue weighted by molar-refractivity contribution is 0.0886. The van der Waals surface area contributed by atoms with Gasteiger partial charge in [0.15, 0.2) is 0 Å². The Kier molecular flexibility index (Phi) is 6.17. The molecule has 0 radical (unpaired) electrons. The Morgan fingerprint density at radius 3 is 2.43 bits per heavy atom. The summed E-state index contributed by atoms with van der Waals surface area (Å²) in [7, 11) is 0. The van der Waals surface area contributed by atoms with Crippen LogP contribution in [0, 0.1) is 0 Å². The summed E-state index contributed by atoms with van der Waals surface area (Å²) in [5, 5.41) is 0. The van der Waals surface area contributed by atoms with Gasteiger partial charge in [-0.3, -0.25) is 0 Å². The Labute approximate surface area is 138 Å². The van der Waals surface area contributed by atoms with E-state index in [4.69, 9.17) is 27.4 Å². The largest absolute Gasteiger partial charge is 0.491 e. The number of thiocarbonyl (C=S) groups is 1. The van der Waals surface area contributed by atoms with E-state index in [1.54, 1.807) is 0 Å². The summed E-state index contributed by atoms with van der Waals surface area (Å²) in [6, 6.07) is 15.4. The average Bonchev–Trinajstić information content (AvgIpc) is 2.49. The predicted molar refractivity (Wildman–Crippen MR) is 91.6 cm³/mol. The zero-order chi connectivity index (χ0) is 15.1. The molecule has 0 saturated heterocycles. The van der Waals surface area contributed by atoms with Crippen molar-refractivity contribution < 1.29 is 9.47 Å². The smallest absolute Gasteiger partial charge is 0.119 e. The third-order valence-electron chi connectivity index (χ3n) is 2.85. The molecule has 0 aliphatic rings. The maximum Gasteiger partial charge on any atom is 0.119 e. The minimum Gasteiger partial charge on any atom is -0.491 e. The molecule has 110 valence electrons. The lowest BCUT2D eigenvalue weighted by atomic mass is 10.2. The van der Waals surface area contributed by atoms with Gasteiger partial charge in [-0.2, -0.15) is 0 Å². The van der Waals surface area contributed by atoms with E-state index in [9.17, 15) is 0 Å². The van der Waals surface area contributed by atoms with E-state index in [2.05, 4.69) is 15.9 Å².